The molecule has 5 heteroatoms. The second-order valence-corrected chi connectivity index (χ2v) is 5.37. The summed E-state index contributed by atoms with van der Waals surface area (Å²) in [5, 5.41) is 8.58. The normalized spacial score (nSPS) is 28.9. The minimum absolute atomic E-state index is 0.0333. The second kappa shape index (κ2) is 4.59. The summed E-state index contributed by atoms with van der Waals surface area (Å²) in [5.74, 6) is 0. The van der Waals surface area contributed by atoms with Crippen LogP contribution in [0.2, 0.25) is 5.15 Å². The van der Waals surface area contributed by atoms with Gasteiger partial charge in [0.15, 0.2) is 0 Å². The highest BCUT2D eigenvalue weighted by atomic mass is 35.5. The maximum atomic E-state index is 6.21. The number of rotatable bonds is 3. The fourth-order valence-corrected chi connectivity index (χ4v) is 2.47. The molecule has 2 atom stereocenters. The first-order valence-corrected chi connectivity index (χ1v) is 6.36. The molecule has 1 aliphatic heterocycles. The van der Waals surface area contributed by atoms with Crippen LogP contribution in [0.1, 0.15) is 31.5 Å². The third kappa shape index (κ3) is 2.34. The summed E-state index contributed by atoms with van der Waals surface area (Å²) >= 11 is 6.21. The summed E-state index contributed by atoms with van der Waals surface area (Å²) in [7, 11) is 1.86. The lowest BCUT2D eigenvalue weighted by Gasteiger charge is -2.29. The van der Waals surface area contributed by atoms with Crippen LogP contribution in [0.3, 0.4) is 0 Å². The molecule has 2 unspecified atom stereocenters. The van der Waals surface area contributed by atoms with Crippen molar-refractivity contribution in [2.75, 3.05) is 6.61 Å². The highest BCUT2D eigenvalue weighted by Gasteiger charge is 2.36. The van der Waals surface area contributed by atoms with Crippen molar-refractivity contribution in [2.45, 2.75) is 45.4 Å². The lowest BCUT2D eigenvalue weighted by molar-refractivity contribution is 0.0881. The highest BCUT2D eigenvalue weighted by Crippen LogP contribution is 2.27. The van der Waals surface area contributed by atoms with E-state index in [1.165, 1.54) is 0 Å². The Morgan fingerprint density at radius 3 is 2.82 bits per heavy atom. The Bertz CT molecular complexity index is 418. The number of nitrogens with zero attached hydrogens (tertiary/aromatic N) is 2. The maximum Gasteiger partial charge on any atom is 0.131 e. The van der Waals surface area contributed by atoms with Crippen molar-refractivity contribution in [3.05, 3.63) is 16.4 Å². The van der Waals surface area contributed by atoms with Gasteiger partial charge in [0, 0.05) is 31.3 Å². The number of nitrogens with one attached hydrogen (secondary N) is 1. The lowest BCUT2D eigenvalue weighted by Crippen LogP contribution is -2.47. The molecule has 17 heavy (non-hydrogen) atoms. The van der Waals surface area contributed by atoms with E-state index in [2.05, 4.69) is 24.3 Å². The molecule has 2 heterocycles. The zero-order chi connectivity index (χ0) is 12.6. The van der Waals surface area contributed by atoms with Crippen LogP contribution in [0.4, 0.5) is 0 Å². The first-order chi connectivity index (χ1) is 7.94. The van der Waals surface area contributed by atoms with Crippen molar-refractivity contribution < 1.29 is 4.74 Å². The molecule has 1 aliphatic rings. The number of halogens is 1. The molecule has 0 aromatic carbocycles. The Morgan fingerprint density at radius 2 is 2.35 bits per heavy atom. The molecule has 0 spiro atoms. The Hall–Kier alpha value is -0.580. The maximum absolute atomic E-state index is 6.21. The zero-order valence-electron chi connectivity index (χ0n) is 10.9. The number of hydrogen-bond donors (Lipinski definition) is 1. The predicted octanol–water partition coefficient (Wildman–Crippen LogP) is 2.04. The van der Waals surface area contributed by atoms with E-state index in [9.17, 15) is 0 Å². The monoisotopic (exact) mass is 257 g/mol. The molecule has 1 fully saturated rings. The number of hydrogen-bond acceptors (Lipinski definition) is 3. The van der Waals surface area contributed by atoms with Crippen LogP contribution in [-0.4, -0.2) is 28.0 Å². The molecule has 96 valence electrons. The van der Waals surface area contributed by atoms with Crippen LogP contribution in [0.15, 0.2) is 0 Å². The number of ether oxygens (including phenoxy) is 1. The van der Waals surface area contributed by atoms with Gasteiger partial charge in [0.1, 0.15) is 5.15 Å². The van der Waals surface area contributed by atoms with Crippen molar-refractivity contribution in [1.29, 1.82) is 0 Å². The van der Waals surface area contributed by atoms with E-state index < -0.39 is 0 Å². The van der Waals surface area contributed by atoms with Gasteiger partial charge in [-0.2, -0.15) is 5.10 Å². The molecule has 0 aliphatic carbocycles. The van der Waals surface area contributed by atoms with Gasteiger partial charge < -0.3 is 10.1 Å². The van der Waals surface area contributed by atoms with Crippen molar-refractivity contribution in [2.24, 2.45) is 7.05 Å². The summed E-state index contributed by atoms with van der Waals surface area (Å²) in [4.78, 5) is 0. The molecule has 1 aromatic rings. The summed E-state index contributed by atoms with van der Waals surface area (Å²) in [6, 6.07) is 0. The molecule has 1 saturated heterocycles. The van der Waals surface area contributed by atoms with E-state index >= 15 is 0 Å². The summed E-state index contributed by atoms with van der Waals surface area (Å²) in [6.07, 6.45) is 1.27. The van der Waals surface area contributed by atoms with Crippen molar-refractivity contribution in [3.63, 3.8) is 0 Å². The van der Waals surface area contributed by atoms with Gasteiger partial charge in [-0.05, 0) is 27.2 Å². The minimum Gasteiger partial charge on any atom is -0.377 e. The van der Waals surface area contributed by atoms with Gasteiger partial charge in [-0.3, -0.25) is 4.68 Å². The first kappa shape index (κ1) is 12.9. The molecular formula is C12H20ClN3O. The van der Waals surface area contributed by atoms with Crippen LogP contribution in [0.5, 0.6) is 0 Å². The topological polar surface area (TPSA) is 39.1 Å². The van der Waals surface area contributed by atoms with Crippen LogP contribution < -0.4 is 5.32 Å². The number of aromatic nitrogens is 2. The minimum atomic E-state index is 0.0333. The fraction of sp³-hybridized carbons (Fsp3) is 0.750. The summed E-state index contributed by atoms with van der Waals surface area (Å²) in [5.41, 5.74) is 2.10. The summed E-state index contributed by atoms with van der Waals surface area (Å²) in [6.45, 7) is 7.86. The SMILES string of the molecule is Cc1nn(C)c(Cl)c1CNC1(C)CCOC1C. The Balaban J connectivity index is 2.07. The first-order valence-electron chi connectivity index (χ1n) is 5.98. The quantitative estimate of drug-likeness (QED) is 0.901. The van der Waals surface area contributed by atoms with E-state index in [4.69, 9.17) is 16.3 Å². The van der Waals surface area contributed by atoms with Gasteiger partial charge in [-0.1, -0.05) is 11.6 Å². The third-order valence-corrected chi connectivity index (χ3v) is 4.30. The third-order valence-electron chi connectivity index (χ3n) is 3.83. The molecule has 4 nitrogen and oxygen atoms in total. The van der Waals surface area contributed by atoms with E-state index in [1.807, 2.05) is 14.0 Å². The average Bonchev–Trinajstić information content (AvgIpc) is 2.70. The van der Waals surface area contributed by atoms with Crippen LogP contribution >= 0.6 is 11.6 Å². The molecule has 1 N–H and O–H groups in total. The van der Waals surface area contributed by atoms with E-state index in [-0.39, 0.29) is 11.6 Å². The van der Waals surface area contributed by atoms with Gasteiger partial charge in [0.2, 0.25) is 0 Å². The van der Waals surface area contributed by atoms with Gasteiger partial charge in [0.25, 0.3) is 0 Å². The van der Waals surface area contributed by atoms with Crippen molar-refractivity contribution in [1.82, 2.24) is 15.1 Å². The van der Waals surface area contributed by atoms with Gasteiger partial charge in [-0.15, -0.1) is 0 Å². The lowest BCUT2D eigenvalue weighted by atomic mass is 9.94. The fourth-order valence-electron chi connectivity index (χ4n) is 2.23. The Labute approximate surface area is 107 Å². The van der Waals surface area contributed by atoms with Gasteiger partial charge in [-0.25, -0.2) is 0 Å². The van der Waals surface area contributed by atoms with Crippen molar-refractivity contribution >= 4 is 11.6 Å². The molecule has 0 amide bonds. The molecule has 0 radical (unpaired) electrons. The molecule has 0 saturated carbocycles. The van der Waals surface area contributed by atoms with E-state index in [0.29, 0.717) is 5.15 Å². The number of aryl methyl sites for hydroxylation is 2. The standard InChI is InChI=1S/C12H20ClN3O/c1-8-10(11(13)16(4)15-8)7-14-12(3)5-6-17-9(12)2/h9,14H,5-7H2,1-4H3. The largest absolute Gasteiger partial charge is 0.377 e. The smallest absolute Gasteiger partial charge is 0.131 e. The van der Waals surface area contributed by atoms with Crippen LogP contribution in [0, 0.1) is 6.92 Å². The predicted molar refractivity (Wildman–Crippen MR) is 68.2 cm³/mol. The summed E-state index contributed by atoms with van der Waals surface area (Å²) < 4.78 is 7.32. The average molecular weight is 258 g/mol. The molecule has 2 rings (SSSR count). The Kier molecular flexibility index (Phi) is 3.48. The van der Waals surface area contributed by atoms with Gasteiger partial charge in [0.05, 0.1) is 11.8 Å². The van der Waals surface area contributed by atoms with E-state index in [0.717, 1.165) is 30.8 Å². The van der Waals surface area contributed by atoms with Crippen LogP contribution in [0.25, 0.3) is 0 Å². The van der Waals surface area contributed by atoms with Crippen LogP contribution in [-0.2, 0) is 18.3 Å². The molecular weight excluding hydrogens is 238 g/mol. The zero-order valence-corrected chi connectivity index (χ0v) is 11.6. The van der Waals surface area contributed by atoms with Crippen molar-refractivity contribution in [3.8, 4) is 0 Å². The molecule has 1 aromatic heterocycles. The molecule has 0 bridgehead atoms. The highest BCUT2D eigenvalue weighted by molar-refractivity contribution is 6.30. The Morgan fingerprint density at radius 1 is 1.65 bits per heavy atom. The second-order valence-electron chi connectivity index (χ2n) is 5.01. The van der Waals surface area contributed by atoms with Gasteiger partial charge >= 0.3 is 0 Å². The van der Waals surface area contributed by atoms with E-state index in [1.54, 1.807) is 4.68 Å².